The van der Waals surface area contributed by atoms with Crippen molar-refractivity contribution in [1.29, 1.82) is 0 Å². The number of rotatable bonds is 3. The maximum absolute atomic E-state index is 12.7. The normalized spacial score (nSPS) is 15.7. The van der Waals surface area contributed by atoms with Crippen molar-refractivity contribution < 1.29 is 14.0 Å². The molecule has 3 amide bonds. The Morgan fingerprint density at radius 3 is 2.29 bits per heavy atom. The first-order chi connectivity index (χ1) is 15.2. The highest BCUT2D eigenvalue weighted by atomic mass is 16.3. The van der Waals surface area contributed by atoms with Crippen LogP contribution in [-0.4, -0.2) is 54.5 Å². The molecule has 2 aliphatic rings. The smallest absolute Gasteiger partial charge is 0.321 e. The number of hydrogen-bond acceptors (Lipinski definition) is 4. The van der Waals surface area contributed by atoms with Gasteiger partial charge in [-0.15, -0.1) is 0 Å². The van der Waals surface area contributed by atoms with E-state index in [0.29, 0.717) is 31.9 Å². The monoisotopic (exact) mass is 416 g/mol. The van der Waals surface area contributed by atoms with Crippen LogP contribution in [0.5, 0.6) is 0 Å². The predicted octanol–water partition coefficient (Wildman–Crippen LogP) is 3.96. The third-order valence-electron chi connectivity index (χ3n) is 5.90. The second-order valence-electron chi connectivity index (χ2n) is 7.76. The number of benzene rings is 2. The van der Waals surface area contributed by atoms with Gasteiger partial charge in [0.05, 0.1) is 6.26 Å². The number of carbonyl (C=O) groups is 2. The molecule has 0 saturated carbocycles. The molecule has 2 aromatic carbocycles. The largest absolute Gasteiger partial charge is 0.459 e. The Morgan fingerprint density at radius 1 is 0.806 bits per heavy atom. The third-order valence-corrected chi connectivity index (χ3v) is 5.90. The second-order valence-corrected chi connectivity index (χ2v) is 7.76. The lowest BCUT2D eigenvalue weighted by Crippen LogP contribution is -2.51. The zero-order chi connectivity index (χ0) is 21.2. The summed E-state index contributed by atoms with van der Waals surface area (Å²) < 4.78 is 5.18. The van der Waals surface area contributed by atoms with Crippen LogP contribution in [0.15, 0.2) is 71.3 Å². The average Bonchev–Trinajstić information content (AvgIpc) is 3.50. The highest BCUT2D eigenvalue weighted by Gasteiger charge is 2.26. The van der Waals surface area contributed by atoms with E-state index in [1.807, 2.05) is 24.3 Å². The average molecular weight is 416 g/mol. The molecule has 0 aliphatic carbocycles. The summed E-state index contributed by atoms with van der Waals surface area (Å²) >= 11 is 0. The molecule has 3 heterocycles. The van der Waals surface area contributed by atoms with Gasteiger partial charge in [-0.25, -0.2) is 4.79 Å². The molecular formula is C24H24N4O3. The summed E-state index contributed by atoms with van der Waals surface area (Å²) in [6.45, 7) is 2.91. The summed E-state index contributed by atoms with van der Waals surface area (Å²) in [6.07, 6.45) is 2.54. The molecule has 7 heteroatoms. The van der Waals surface area contributed by atoms with Crippen LogP contribution in [0, 0.1) is 0 Å². The minimum atomic E-state index is -0.149. The zero-order valence-corrected chi connectivity index (χ0v) is 17.2. The molecule has 0 spiro atoms. The summed E-state index contributed by atoms with van der Waals surface area (Å²) in [5.74, 6) is 0.197. The van der Waals surface area contributed by atoms with Crippen LogP contribution in [0.4, 0.5) is 21.9 Å². The van der Waals surface area contributed by atoms with E-state index in [1.54, 1.807) is 21.9 Å². The lowest BCUT2D eigenvalue weighted by molar-refractivity contribution is 0.0640. The first-order valence-corrected chi connectivity index (χ1v) is 10.5. The molecule has 1 aromatic heterocycles. The Kier molecular flexibility index (Phi) is 5.08. The van der Waals surface area contributed by atoms with Crippen molar-refractivity contribution in [3.8, 4) is 0 Å². The van der Waals surface area contributed by atoms with Crippen LogP contribution in [0.3, 0.4) is 0 Å². The fourth-order valence-corrected chi connectivity index (χ4v) is 4.20. The van der Waals surface area contributed by atoms with Crippen LogP contribution < -0.4 is 10.2 Å². The first-order valence-electron chi connectivity index (χ1n) is 10.5. The van der Waals surface area contributed by atoms with E-state index in [2.05, 4.69) is 34.5 Å². The van der Waals surface area contributed by atoms with Crippen molar-refractivity contribution in [1.82, 2.24) is 9.80 Å². The highest BCUT2D eigenvalue weighted by molar-refractivity contribution is 5.92. The van der Waals surface area contributed by atoms with Crippen LogP contribution in [-0.2, 0) is 6.42 Å². The lowest BCUT2D eigenvalue weighted by atomic mass is 10.2. The Bertz CT molecular complexity index is 1070. The van der Waals surface area contributed by atoms with Gasteiger partial charge >= 0.3 is 6.03 Å². The molecule has 7 nitrogen and oxygen atoms in total. The summed E-state index contributed by atoms with van der Waals surface area (Å²) in [6, 6.07) is 19.6. The fraction of sp³-hybridized carbons (Fsp3) is 0.250. The first kappa shape index (κ1) is 19.2. The Balaban J connectivity index is 1.17. The Labute approximate surface area is 180 Å². The van der Waals surface area contributed by atoms with E-state index in [0.717, 1.165) is 24.3 Å². The number of amides is 3. The number of furan rings is 1. The van der Waals surface area contributed by atoms with Gasteiger partial charge in [0.25, 0.3) is 5.91 Å². The standard InChI is InChI=1S/C24H24N4O3/c29-23(22-6-3-17-31-22)26-13-15-27(16-14-26)24(30)25-19-7-9-20(10-8-19)28-12-11-18-4-1-2-5-21(18)28/h1-10,17H,11-16H2,(H,25,30). The van der Waals surface area contributed by atoms with Gasteiger partial charge in [-0.05, 0) is 54.4 Å². The molecule has 5 rings (SSSR count). The molecule has 1 saturated heterocycles. The van der Waals surface area contributed by atoms with Gasteiger partial charge in [-0.1, -0.05) is 18.2 Å². The van der Waals surface area contributed by atoms with Crippen molar-refractivity contribution in [2.45, 2.75) is 6.42 Å². The molecule has 0 atom stereocenters. The SMILES string of the molecule is O=C(Nc1ccc(N2CCc3ccccc32)cc1)N1CCN(C(=O)c2ccco2)CC1. The number of carbonyl (C=O) groups excluding carboxylic acids is 2. The number of para-hydroxylation sites is 1. The molecule has 31 heavy (non-hydrogen) atoms. The molecule has 0 unspecified atom stereocenters. The molecule has 158 valence electrons. The number of nitrogens with zero attached hydrogens (tertiary/aromatic N) is 3. The van der Waals surface area contributed by atoms with Gasteiger partial charge in [-0.3, -0.25) is 4.79 Å². The van der Waals surface area contributed by atoms with E-state index < -0.39 is 0 Å². The zero-order valence-electron chi connectivity index (χ0n) is 17.2. The molecule has 1 N–H and O–H groups in total. The Morgan fingerprint density at radius 2 is 1.55 bits per heavy atom. The topological polar surface area (TPSA) is 69.0 Å². The number of hydrogen-bond donors (Lipinski definition) is 1. The van der Waals surface area contributed by atoms with E-state index in [-0.39, 0.29) is 11.9 Å². The molecule has 0 bridgehead atoms. The number of nitrogens with one attached hydrogen (secondary N) is 1. The second kappa shape index (κ2) is 8.18. The van der Waals surface area contributed by atoms with Crippen LogP contribution in [0.25, 0.3) is 0 Å². The van der Waals surface area contributed by atoms with Gasteiger partial charge < -0.3 is 24.4 Å². The molecule has 2 aliphatic heterocycles. The van der Waals surface area contributed by atoms with E-state index in [9.17, 15) is 9.59 Å². The van der Waals surface area contributed by atoms with Crippen LogP contribution >= 0.6 is 0 Å². The lowest BCUT2D eigenvalue weighted by Gasteiger charge is -2.34. The molecular weight excluding hydrogens is 392 g/mol. The third kappa shape index (κ3) is 3.86. The predicted molar refractivity (Wildman–Crippen MR) is 119 cm³/mol. The fourth-order valence-electron chi connectivity index (χ4n) is 4.20. The van der Waals surface area contributed by atoms with E-state index in [1.165, 1.54) is 17.5 Å². The molecule has 3 aromatic rings. The molecule has 1 fully saturated rings. The van der Waals surface area contributed by atoms with Crippen molar-refractivity contribution in [2.75, 3.05) is 42.9 Å². The minimum Gasteiger partial charge on any atom is -0.459 e. The van der Waals surface area contributed by atoms with Crippen molar-refractivity contribution in [3.05, 3.63) is 78.3 Å². The number of urea groups is 1. The summed E-state index contributed by atoms with van der Waals surface area (Å²) in [7, 11) is 0. The van der Waals surface area contributed by atoms with E-state index >= 15 is 0 Å². The summed E-state index contributed by atoms with van der Waals surface area (Å²) in [5.41, 5.74) is 4.49. The van der Waals surface area contributed by atoms with Gasteiger partial charge in [0.2, 0.25) is 0 Å². The van der Waals surface area contributed by atoms with Crippen molar-refractivity contribution in [2.24, 2.45) is 0 Å². The summed E-state index contributed by atoms with van der Waals surface area (Å²) in [5, 5.41) is 2.97. The highest BCUT2D eigenvalue weighted by Crippen LogP contribution is 2.34. The number of anilines is 3. The summed E-state index contributed by atoms with van der Waals surface area (Å²) in [4.78, 5) is 30.8. The van der Waals surface area contributed by atoms with Crippen LogP contribution in [0.1, 0.15) is 16.1 Å². The van der Waals surface area contributed by atoms with E-state index in [4.69, 9.17) is 4.42 Å². The van der Waals surface area contributed by atoms with Gasteiger partial charge in [0.15, 0.2) is 5.76 Å². The number of fused-ring (bicyclic) bond motifs is 1. The van der Waals surface area contributed by atoms with Crippen molar-refractivity contribution in [3.63, 3.8) is 0 Å². The van der Waals surface area contributed by atoms with Gasteiger partial charge in [-0.2, -0.15) is 0 Å². The maximum Gasteiger partial charge on any atom is 0.321 e. The molecule has 0 radical (unpaired) electrons. The van der Waals surface area contributed by atoms with Gasteiger partial charge in [0, 0.05) is 49.8 Å². The Hall–Kier alpha value is -3.74. The maximum atomic E-state index is 12.7. The van der Waals surface area contributed by atoms with Gasteiger partial charge in [0.1, 0.15) is 0 Å². The quantitative estimate of drug-likeness (QED) is 0.702. The number of piperazine rings is 1. The minimum absolute atomic E-state index is 0.135. The van der Waals surface area contributed by atoms with Crippen molar-refractivity contribution >= 4 is 29.0 Å². The van der Waals surface area contributed by atoms with Crippen LogP contribution in [0.2, 0.25) is 0 Å².